The number of amides is 1. The van der Waals surface area contributed by atoms with Crippen LogP contribution in [0.25, 0.3) is 0 Å². The van der Waals surface area contributed by atoms with Crippen LogP contribution < -0.4 is 5.73 Å². The lowest BCUT2D eigenvalue weighted by molar-refractivity contribution is -0.171. The molecule has 260 valence electrons. The number of primary amides is 1. The van der Waals surface area contributed by atoms with Gasteiger partial charge in [0.15, 0.2) is 0 Å². The van der Waals surface area contributed by atoms with E-state index in [1.165, 1.54) is 103 Å². The van der Waals surface area contributed by atoms with E-state index in [1.54, 1.807) is 0 Å². The highest BCUT2D eigenvalue weighted by Crippen LogP contribution is 2.15. The molecule has 0 heterocycles. The van der Waals surface area contributed by atoms with Crippen molar-refractivity contribution < 1.29 is 28.6 Å². The average molecular weight is 627 g/mol. The maximum Gasteiger partial charge on any atom is 0.306 e. The fraction of sp³-hybridized carbons (Fsp3) is 0.917. The monoisotopic (exact) mass is 627 g/mol. The molecular weight excluding hydrogens is 556 g/mol. The normalized spacial score (nSPS) is 12.8. The van der Waals surface area contributed by atoms with E-state index in [0.29, 0.717) is 19.4 Å². The highest BCUT2D eigenvalue weighted by molar-refractivity contribution is 5.83. The highest BCUT2D eigenvalue weighted by atomic mass is 16.6. The van der Waals surface area contributed by atoms with Gasteiger partial charge in [-0.1, -0.05) is 142 Å². The maximum atomic E-state index is 12.6. The number of unbranched alkanes of at least 4 members (excludes halogenated alkanes) is 20. The zero-order valence-corrected chi connectivity index (χ0v) is 29.2. The van der Waals surface area contributed by atoms with Gasteiger partial charge in [-0.3, -0.25) is 14.4 Å². The number of likely N-dealkylation sites (N-methyl/N-ethyl adjacent to an activating group) is 1. The minimum absolute atomic E-state index is 0.177. The highest BCUT2D eigenvalue weighted by Gasteiger charge is 2.32. The second-order valence-corrected chi connectivity index (χ2v) is 12.8. The Labute approximate surface area is 270 Å². The first-order valence-electron chi connectivity index (χ1n) is 18.2. The zero-order valence-electron chi connectivity index (χ0n) is 29.2. The largest absolute Gasteiger partial charge is 0.463 e. The van der Waals surface area contributed by atoms with Crippen LogP contribution in [0.2, 0.25) is 0 Å². The molecule has 0 rings (SSSR count). The van der Waals surface area contributed by atoms with Gasteiger partial charge < -0.3 is 24.8 Å². The molecule has 44 heavy (non-hydrogen) atoms. The third-order valence-electron chi connectivity index (χ3n) is 8.12. The summed E-state index contributed by atoms with van der Waals surface area (Å²) in [4.78, 5) is 39.2. The summed E-state index contributed by atoms with van der Waals surface area (Å²) in [6.07, 6.45) is 24.7. The van der Waals surface area contributed by atoms with Gasteiger partial charge in [-0.2, -0.15) is 0 Å². The summed E-state index contributed by atoms with van der Waals surface area (Å²) in [6, 6.07) is 0. The fourth-order valence-corrected chi connectivity index (χ4v) is 5.24. The Morgan fingerprint density at radius 2 is 0.977 bits per heavy atom. The summed E-state index contributed by atoms with van der Waals surface area (Å²) in [5.74, 6) is -1.61. The van der Waals surface area contributed by atoms with Crippen LogP contribution in [-0.2, 0) is 28.6 Å². The van der Waals surface area contributed by atoms with E-state index >= 15 is 0 Å². The molecule has 8 nitrogen and oxygen atoms in total. The molecule has 8 heteroatoms. The smallest absolute Gasteiger partial charge is 0.306 e. The number of esters is 2. The van der Waals surface area contributed by atoms with Crippen molar-refractivity contribution in [3.8, 4) is 0 Å². The number of nitrogens with two attached hydrogens (primary N) is 1. The summed E-state index contributed by atoms with van der Waals surface area (Å²) >= 11 is 0. The number of carbonyl (C=O) groups excluding carboxylic acids is 3. The van der Waals surface area contributed by atoms with Crippen LogP contribution in [0.1, 0.15) is 168 Å². The Morgan fingerprint density at radius 3 is 1.36 bits per heavy atom. The quantitative estimate of drug-likeness (QED) is 0.0577. The molecule has 0 aliphatic heterocycles. The Hall–Kier alpha value is -1.67. The summed E-state index contributed by atoms with van der Waals surface area (Å²) < 4.78 is 16.8. The van der Waals surface area contributed by atoms with Crippen LogP contribution >= 0.6 is 0 Å². The van der Waals surface area contributed by atoms with E-state index in [0.717, 1.165) is 32.1 Å². The third-order valence-corrected chi connectivity index (χ3v) is 8.12. The first kappa shape index (κ1) is 42.3. The van der Waals surface area contributed by atoms with Gasteiger partial charge in [-0.15, -0.1) is 0 Å². The van der Waals surface area contributed by atoms with Crippen molar-refractivity contribution in [1.29, 1.82) is 0 Å². The Bertz CT molecular complexity index is 688. The molecule has 0 aliphatic rings. The maximum absolute atomic E-state index is 12.6. The minimum atomic E-state index is -1.30. The van der Waals surface area contributed by atoms with Crippen molar-refractivity contribution in [2.24, 2.45) is 5.73 Å². The molecule has 0 fully saturated rings. The van der Waals surface area contributed by atoms with Crippen LogP contribution in [0, 0.1) is 0 Å². The number of carbonyl (C=O) groups is 3. The standard InChI is InChI=1S/C36H70N2O6/c1-5-7-9-11-13-15-17-19-21-23-25-27-33(39)43-31-32(42-30-29-38(3)4)35(36(37)41)44-34(40)28-26-24-22-20-18-16-14-12-10-8-6-2/h32,35H,5-31H2,1-4H3,(H2,37,41). The number of nitrogens with zero attached hydrogens (tertiary/aromatic N) is 1. The lowest BCUT2D eigenvalue weighted by atomic mass is 10.1. The van der Waals surface area contributed by atoms with Gasteiger partial charge in [0.1, 0.15) is 12.7 Å². The number of rotatable bonds is 33. The van der Waals surface area contributed by atoms with Crippen molar-refractivity contribution in [3.63, 3.8) is 0 Å². The van der Waals surface area contributed by atoms with Gasteiger partial charge in [-0.25, -0.2) is 0 Å². The van der Waals surface area contributed by atoms with Crippen LogP contribution in [0.3, 0.4) is 0 Å². The average Bonchev–Trinajstić information content (AvgIpc) is 2.99. The second kappa shape index (κ2) is 31.3. The molecular formula is C36H70N2O6. The lowest BCUT2D eigenvalue weighted by Gasteiger charge is -2.25. The number of hydrogen-bond donors (Lipinski definition) is 1. The predicted molar refractivity (Wildman–Crippen MR) is 180 cm³/mol. The summed E-state index contributed by atoms with van der Waals surface area (Å²) in [5.41, 5.74) is 5.62. The summed E-state index contributed by atoms with van der Waals surface area (Å²) in [5, 5.41) is 0. The molecule has 1 amide bonds. The SMILES string of the molecule is CCCCCCCCCCCCCC(=O)OCC(OCCN(C)C)C(OC(=O)CCCCCCCCCCCCC)C(N)=O. The van der Waals surface area contributed by atoms with Crippen molar-refractivity contribution in [2.45, 2.75) is 180 Å². The van der Waals surface area contributed by atoms with Crippen LogP contribution in [-0.4, -0.2) is 68.8 Å². The first-order valence-corrected chi connectivity index (χ1v) is 18.2. The van der Waals surface area contributed by atoms with Crippen molar-refractivity contribution >= 4 is 17.8 Å². The molecule has 0 spiro atoms. The first-order chi connectivity index (χ1) is 21.3. The molecule has 0 aliphatic carbocycles. The van der Waals surface area contributed by atoms with Crippen molar-refractivity contribution in [3.05, 3.63) is 0 Å². The molecule has 0 radical (unpaired) electrons. The number of ether oxygens (including phenoxy) is 3. The minimum Gasteiger partial charge on any atom is -0.463 e. The molecule has 0 saturated carbocycles. The van der Waals surface area contributed by atoms with E-state index in [9.17, 15) is 14.4 Å². The van der Waals surface area contributed by atoms with E-state index in [-0.39, 0.29) is 25.6 Å². The third kappa shape index (κ3) is 27.8. The molecule has 0 aromatic carbocycles. The molecule has 0 saturated heterocycles. The summed E-state index contributed by atoms with van der Waals surface area (Å²) in [7, 11) is 3.82. The topological polar surface area (TPSA) is 108 Å². The molecule has 0 bridgehead atoms. The summed E-state index contributed by atoms with van der Waals surface area (Å²) in [6.45, 7) is 5.18. The molecule has 2 atom stereocenters. The number of hydrogen-bond acceptors (Lipinski definition) is 7. The Kier molecular flexibility index (Phi) is 30.1. The van der Waals surface area contributed by atoms with Crippen molar-refractivity contribution in [1.82, 2.24) is 4.90 Å². The van der Waals surface area contributed by atoms with Gasteiger partial charge >= 0.3 is 11.9 Å². The second-order valence-electron chi connectivity index (χ2n) is 12.8. The van der Waals surface area contributed by atoms with E-state index in [2.05, 4.69) is 13.8 Å². The van der Waals surface area contributed by atoms with E-state index in [1.807, 2.05) is 19.0 Å². The van der Waals surface area contributed by atoms with Gasteiger partial charge in [0.25, 0.3) is 5.91 Å². The van der Waals surface area contributed by atoms with Crippen LogP contribution in [0.4, 0.5) is 0 Å². The van der Waals surface area contributed by atoms with Crippen LogP contribution in [0.15, 0.2) is 0 Å². The van der Waals surface area contributed by atoms with Gasteiger partial charge in [0.2, 0.25) is 6.10 Å². The molecule has 2 unspecified atom stereocenters. The Balaban J connectivity index is 4.39. The molecule has 0 aromatic heterocycles. The lowest BCUT2D eigenvalue weighted by Crippen LogP contribution is -2.47. The predicted octanol–water partition coefficient (Wildman–Crippen LogP) is 8.28. The van der Waals surface area contributed by atoms with Gasteiger partial charge in [0.05, 0.1) is 6.61 Å². The van der Waals surface area contributed by atoms with Crippen molar-refractivity contribution in [2.75, 3.05) is 33.9 Å². The molecule has 0 aromatic rings. The Morgan fingerprint density at radius 1 is 0.591 bits per heavy atom. The fourth-order valence-electron chi connectivity index (χ4n) is 5.24. The van der Waals surface area contributed by atoms with Crippen LogP contribution in [0.5, 0.6) is 0 Å². The van der Waals surface area contributed by atoms with E-state index in [4.69, 9.17) is 19.9 Å². The van der Waals surface area contributed by atoms with E-state index < -0.39 is 24.1 Å². The zero-order chi connectivity index (χ0) is 32.7. The van der Waals surface area contributed by atoms with Gasteiger partial charge in [0, 0.05) is 19.4 Å². The molecule has 2 N–H and O–H groups in total. The van der Waals surface area contributed by atoms with Gasteiger partial charge in [-0.05, 0) is 26.9 Å².